The van der Waals surface area contributed by atoms with E-state index < -0.39 is 7.25 Å². The highest BCUT2D eigenvalue weighted by Gasteiger charge is 2.36. The molecular weight excluding hydrogens is 461 g/mol. The highest BCUT2D eigenvalue weighted by molar-refractivity contribution is 6.50. The smallest absolute Gasteiger partial charge is 0.418 e. The molecule has 0 saturated carbocycles. The van der Waals surface area contributed by atoms with Crippen LogP contribution in [0.4, 0.5) is 17.3 Å². The molecule has 4 aromatic rings. The van der Waals surface area contributed by atoms with Gasteiger partial charge in [-0.15, -0.1) is 0 Å². The van der Waals surface area contributed by atoms with Gasteiger partial charge in [0.05, 0.1) is 5.56 Å². The van der Waals surface area contributed by atoms with Crippen molar-refractivity contribution in [2.24, 2.45) is 0 Å². The van der Waals surface area contributed by atoms with E-state index in [1.54, 1.807) is 0 Å². The van der Waals surface area contributed by atoms with Gasteiger partial charge >= 0.3 is 7.25 Å². The largest absolute Gasteiger partial charge is 0.673 e. The quantitative estimate of drug-likeness (QED) is 0.151. The molecule has 36 heavy (non-hydrogen) atoms. The predicted molar refractivity (Wildman–Crippen MR) is 140 cm³/mol. The molecule has 1 nitrogen and oxygen atoms in total. The number of aryl methyl sites for hydroxylation is 2. The number of pyridine rings is 1. The van der Waals surface area contributed by atoms with Crippen molar-refractivity contribution < 1.29 is 21.8 Å². The normalized spacial score (nSPS) is 12.8. The van der Waals surface area contributed by atoms with Gasteiger partial charge in [0.1, 0.15) is 0 Å². The monoisotopic (exact) mass is 491 g/mol. The van der Waals surface area contributed by atoms with E-state index in [1.807, 2.05) is 0 Å². The molecule has 0 unspecified atom stereocenters. The second-order valence-corrected chi connectivity index (χ2v) is 10.2. The van der Waals surface area contributed by atoms with Gasteiger partial charge in [0.25, 0.3) is 0 Å². The molecule has 3 aromatic carbocycles. The predicted octanol–water partition coefficient (Wildman–Crippen LogP) is 8.30. The third-order valence-electron chi connectivity index (χ3n) is 6.42. The Morgan fingerprint density at radius 2 is 1.31 bits per heavy atom. The molecule has 1 aliphatic carbocycles. The number of nitrogens with zero attached hydrogens (tertiary/aromatic N) is 1. The van der Waals surface area contributed by atoms with Crippen LogP contribution in [-0.4, -0.2) is 7.25 Å². The van der Waals surface area contributed by atoms with E-state index in [-0.39, 0.29) is 5.41 Å². The third kappa shape index (κ3) is 5.70. The van der Waals surface area contributed by atoms with Gasteiger partial charge in [0.2, 0.25) is 11.4 Å². The number of fused-ring (bicyclic) bond motifs is 3. The zero-order chi connectivity index (χ0) is 26.1. The maximum atomic E-state index is 9.75. The lowest BCUT2D eigenvalue weighted by Crippen LogP contribution is -2.45. The van der Waals surface area contributed by atoms with Gasteiger partial charge in [-0.1, -0.05) is 87.0 Å². The van der Waals surface area contributed by atoms with E-state index in [1.165, 1.54) is 50.5 Å². The van der Waals surface area contributed by atoms with Gasteiger partial charge in [0, 0.05) is 29.2 Å². The van der Waals surface area contributed by atoms with Gasteiger partial charge < -0.3 is 17.3 Å². The fourth-order valence-electron chi connectivity index (χ4n) is 4.83. The van der Waals surface area contributed by atoms with Crippen molar-refractivity contribution in [1.82, 2.24) is 0 Å². The maximum absolute atomic E-state index is 9.75. The van der Waals surface area contributed by atoms with Crippen LogP contribution in [0, 0.1) is 6.92 Å². The Hall–Kier alpha value is -3.41. The van der Waals surface area contributed by atoms with E-state index in [0.29, 0.717) is 0 Å². The number of halogens is 4. The molecular formula is C30H30BF4N. The summed E-state index contributed by atoms with van der Waals surface area (Å²) in [6.45, 7) is 9.12. The van der Waals surface area contributed by atoms with E-state index in [2.05, 4.69) is 117 Å². The Bertz CT molecular complexity index is 1350. The lowest BCUT2D eigenvalue weighted by atomic mass is 9.81. The Morgan fingerprint density at radius 3 is 1.92 bits per heavy atom. The summed E-state index contributed by atoms with van der Waals surface area (Å²) in [4.78, 5) is 0. The number of hydrogen-bond acceptors (Lipinski definition) is 0. The van der Waals surface area contributed by atoms with Crippen molar-refractivity contribution in [1.29, 1.82) is 0 Å². The van der Waals surface area contributed by atoms with Gasteiger partial charge in [-0.25, -0.2) is 0 Å². The van der Waals surface area contributed by atoms with E-state index in [0.717, 1.165) is 12.8 Å². The summed E-state index contributed by atoms with van der Waals surface area (Å²) in [7, 11) is -6.00. The lowest BCUT2D eigenvalue weighted by molar-refractivity contribution is -0.597. The molecule has 0 aliphatic heterocycles. The van der Waals surface area contributed by atoms with Crippen LogP contribution in [0.3, 0.4) is 0 Å². The highest BCUT2D eigenvalue weighted by atomic mass is 19.5. The van der Waals surface area contributed by atoms with Crippen LogP contribution in [0.1, 0.15) is 43.2 Å². The first kappa shape index (κ1) is 25.7. The van der Waals surface area contributed by atoms with Crippen LogP contribution in [0.5, 0.6) is 0 Å². The van der Waals surface area contributed by atoms with Crippen molar-refractivity contribution in [2.45, 2.75) is 46.0 Å². The fourth-order valence-corrected chi connectivity index (χ4v) is 4.83. The molecule has 1 heterocycles. The Morgan fingerprint density at radius 1 is 0.722 bits per heavy atom. The van der Waals surface area contributed by atoms with Crippen molar-refractivity contribution in [3.05, 3.63) is 107 Å². The topological polar surface area (TPSA) is 3.88 Å². The van der Waals surface area contributed by atoms with E-state index in [4.69, 9.17) is 0 Å². The molecule has 0 spiro atoms. The SMILES string of the molecule is Cc1ccc(-[n+]2c(C(C)(C)C)cc(-c3ccccc3)c3c2-c2ccccc2CC3)cc1.F[B-](F)(F)F. The number of aromatic nitrogens is 1. The Labute approximate surface area is 210 Å². The average molecular weight is 491 g/mol. The van der Waals surface area contributed by atoms with Crippen LogP contribution in [0.25, 0.3) is 28.1 Å². The van der Waals surface area contributed by atoms with Crippen LogP contribution >= 0.6 is 0 Å². The molecule has 0 bridgehead atoms. The molecule has 1 aliphatic rings. The van der Waals surface area contributed by atoms with Crippen LogP contribution in [0.2, 0.25) is 0 Å². The molecule has 5 rings (SSSR count). The first-order valence-electron chi connectivity index (χ1n) is 12.1. The summed E-state index contributed by atoms with van der Waals surface area (Å²) in [6.07, 6.45) is 2.15. The maximum Gasteiger partial charge on any atom is 0.673 e. The van der Waals surface area contributed by atoms with Crippen molar-refractivity contribution in [2.75, 3.05) is 0 Å². The Balaban J connectivity index is 0.000000556. The molecule has 0 radical (unpaired) electrons. The lowest BCUT2D eigenvalue weighted by Gasteiger charge is -2.26. The summed E-state index contributed by atoms with van der Waals surface area (Å²) < 4.78 is 41.5. The zero-order valence-corrected chi connectivity index (χ0v) is 21.0. The zero-order valence-electron chi connectivity index (χ0n) is 21.0. The van der Waals surface area contributed by atoms with Crippen molar-refractivity contribution in [3.8, 4) is 28.1 Å². The fraction of sp³-hybridized carbons (Fsp3) is 0.233. The first-order chi connectivity index (χ1) is 16.9. The van der Waals surface area contributed by atoms with Gasteiger partial charge in [-0.3, -0.25) is 0 Å². The van der Waals surface area contributed by atoms with Crippen molar-refractivity contribution in [3.63, 3.8) is 0 Å². The van der Waals surface area contributed by atoms with Crippen LogP contribution < -0.4 is 4.57 Å². The number of benzene rings is 3. The van der Waals surface area contributed by atoms with Gasteiger partial charge in [-0.05, 0) is 42.5 Å². The van der Waals surface area contributed by atoms with E-state index >= 15 is 0 Å². The summed E-state index contributed by atoms with van der Waals surface area (Å²) in [5.41, 5.74) is 12.2. The van der Waals surface area contributed by atoms with Crippen LogP contribution in [-0.2, 0) is 18.3 Å². The standard InChI is InChI=1S/C30H30N.BF4/c1-21-14-17-24(18-15-21)31-28(30(2,3)4)20-27(22-10-6-5-7-11-22)26-19-16-23-12-8-9-13-25(23)29(26)31;2-1(3,4)5/h5-15,17-18,20H,16,19H2,1-4H3;/q+1;-1. The summed E-state index contributed by atoms with van der Waals surface area (Å²) >= 11 is 0. The van der Waals surface area contributed by atoms with Crippen LogP contribution in [0.15, 0.2) is 84.9 Å². The second-order valence-electron chi connectivity index (χ2n) is 10.2. The molecule has 0 fully saturated rings. The minimum absolute atomic E-state index is 0.00413. The first-order valence-corrected chi connectivity index (χ1v) is 12.1. The van der Waals surface area contributed by atoms with Crippen molar-refractivity contribution >= 4 is 7.25 Å². The molecule has 1 aromatic heterocycles. The molecule has 186 valence electrons. The third-order valence-corrected chi connectivity index (χ3v) is 6.42. The molecule has 0 saturated heterocycles. The summed E-state index contributed by atoms with van der Waals surface area (Å²) in [5.74, 6) is 0. The molecule has 0 amide bonds. The minimum Gasteiger partial charge on any atom is -0.418 e. The summed E-state index contributed by atoms with van der Waals surface area (Å²) in [5, 5.41) is 0. The molecule has 0 atom stereocenters. The second kappa shape index (κ2) is 9.92. The van der Waals surface area contributed by atoms with E-state index in [9.17, 15) is 17.3 Å². The van der Waals surface area contributed by atoms with Gasteiger partial charge in [-0.2, -0.15) is 4.57 Å². The highest BCUT2D eigenvalue weighted by Crippen LogP contribution is 2.39. The molecule has 0 N–H and O–H groups in total. The average Bonchev–Trinajstić information content (AvgIpc) is 2.82. The Kier molecular flexibility index (Phi) is 7.08. The summed E-state index contributed by atoms with van der Waals surface area (Å²) in [6, 6.07) is 31.3. The molecule has 6 heteroatoms. The minimum atomic E-state index is -6.00. The number of rotatable bonds is 2. The number of hydrogen-bond donors (Lipinski definition) is 0. The van der Waals surface area contributed by atoms with Gasteiger partial charge in [0.15, 0.2) is 5.69 Å².